The molecular formula is C18H30O2. The average molecular weight is 278 g/mol. The highest BCUT2D eigenvalue weighted by atomic mass is 16.5. The van der Waals surface area contributed by atoms with Crippen LogP contribution in [-0.4, -0.2) is 12.6 Å². The van der Waals surface area contributed by atoms with Gasteiger partial charge in [0.15, 0.2) is 0 Å². The van der Waals surface area contributed by atoms with E-state index in [9.17, 15) is 4.79 Å². The number of allylic oxidation sites excluding steroid dienone is 1. The number of hydrogen-bond donors (Lipinski definition) is 0. The highest BCUT2D eigenvalue weighted by molar-refractivity contribution is 5.79. The molecular weight excluding hydrogens is 248 g/mol. The maximum Gasteiger partial charge on any atom is 0.315 e. The van der Waals surface area contributed by atoms with Crippen LogP contribution in [-0.2, 0) is 9.53 Å². The zero-order valence-corrected chi connectivity index (χ0v) is 13.4. The zero-order chi connectivity index (χ0) is 14.6. The minimum atomic E-state index is -0.437. The van der Waals surface area contributed by atoms with Gasteiger partial charge in [0.2, 0.25) is 0 Å². The Kier molecular flexibility index (Phi) is 5.29. The van der Waals surface area contributed by atoms with Crippen molar-refractivity contribution < 1.29 is 9.53 Å². The lowest BCUT2D eigenvalue weighted by atomic mass is 9.70. The first kappa shape index (κ1) is 15.6. The lowest BCUT2D eigenvalue weighted by molar-refractivity contribution is -0.151. The summed E-state index contributed by atoms with van der Waals surface area (Å²) in [5, 5.41) is 0. The Morgan fingerprint density at radius 1 is 1.20 bits per heavy atom. The maximum atomic E-state index is 12.1. The number of carbonyl (C=O) groups excluding carboxylic acids is 1. The SMILES string of the molecule is CCOC(=O)C(C)(C)C1=CC[C@H](C2CCCCC2)CC1. The molecule has 2 aliphatic carbocycles. The molecule has 0 aromatic heterocycles. The summed E-state index contributed by atoms with van der Waals surface area (Å²) in [6.07, 6.45) is 13.0. The first-order chi connectivity index (χ1) is 9.55. The monoisotopic (exact) mass is 278 g/mol. The molecule has 1 fully saturated rings. The molecule has 0 saturated heterocycles. The smallest absolute Gasteiger partial charge is 0.315 e. The van der Waals surface area contributed by atoms with Crippen LogP contribution >= 0.6 is 0 Å². The van der Waals surface area contributed by atoms with Crippen LogP contribution < -0.4 is 0 Å². The van der Waals surface area contributed by atoms with Crippen molar-refractivity contribution in [2.45, 2.75) is 72.1 Å². The Bertz CT molecular complexity index is 362. The first-order valence-electron chi connectivity index (χ1n) is 8.42. The molecule has 0 heterocycles. The van der Waals surface area contributed by atoms with Gasteiger partial charge in [-0.1, -0.05) is 43.8 Å². The van der Waals surface area contributed by atoms with Crippen LogP contribution in [0, 0.1) is 17.3 Å². The summed E-state index contributed by atoms with van der Waals surface area (Å²) >= 11 is 0. The summed E-state index contributed by atoms with van der Waals surface area (Å²) in [7, 11) is 0. The van der Waals surface area contributed by atoms with Crippen LogP contribution in [0.15, 0.2) is 11.6 Å². The topological polar surface area (TPSA) is 26.3 Å². The molecule has 2 nitrogen and oxygen atoms in total. The fourth-order valence-corrected chi connectivity index (χ4v) is 3.90. The van der Waals surface area contributed by atoms with Crippen molar-refractivity contribution >= 4 is 5.97 Å². The van der Waals surface area contributed by atoms with E-state index < -0.39 is 5.41 Å². The van der Waals surface area contributed by atoms with Crippen molar-refractivity contribution in [3.63, 3.8) is 0 Å². The van der Waals surface area contributed by atoms with Crippen LogP contribution in [0.25, 0.3) is 0 Å². The van der Waals surface area contributed by atoms with Gasteiger partial charge in [-0.05, 0) is 51.9 Å². The van der Waals surface area contributed by atoms with Crippen LogP contribution in [0.1, 0.15) is 72.1 Å². The number of esters is 1. The molecule has 0 spiro atoms. The summed E-state index contributed by atoms with van der Waals surface area (Å²) < 4.78 is 5.22. The van der Waals surface area contributed by atoms with Crippen molar-refractivity contribution in [2.24, 2.45) is 17.3 Å². The average Bonchev–Trinajstić information content (AvgIpc) is 2.48. The minimum absolute atomic E-state index is 0.0673. The highest BCUT2D eigenvalue weighted by Crippen LogP contribution is 2.42. The van der Waals surface area contributed by atoms with E-state index >= 15 is 0 Å². The van der Waals surface area contributed by atoms with Gasteiger partial charge >= 0.3 is 5.97 Å². The van der Waals surface area contributed by atoms with Crippen molar-refractivity contribution in [3.05, 3.63) is 11.6 Å². The van der Waals surface area contributed by atoms with E-state index in [0.29, 0.717) is 6.61 Å². The fraction of sp³-hybridized carbons (Fsp3) is 0.833. The van der Waals surface area contributed by atoms with E-state index in [1.807, 2.05) is 20.8 Å². The summed E-state index contributed by atoms with van der Waals surface area (Å²) in [6, 6.07) is 0. The van der Waals surface area contributed by atoms with Gasteiger partial charge in [0, 0.05) is 0 Å². The van der Waals surface area contributed by atoms with Crippen molar-refractivity contribution in [3.8, 4) is 0 Å². The van der Waals surface area contributed by atoms with Crippen molar-refractivity contribution in [1.29, 1.82) is 0 Å². The standard InChI is InChI=1S/C18H30O2/c1-4-20-17(19)18(2,3)16-12-10-15(11-13-16)14-8-6-5-7-9-14/h12,14-15H,4-11,13H2,1-3H3/t15-/m0/s1. The number of carbonyl (C=O) groups is 1. The second-order valence-electron chi connectivity index (χ2n) is 7.01. The van der Waals surface area contributed by atoms with Crippen LogP contribution in [0.3, 0.4) is 0 Å². The molecule has 0 amide bonds. The van der Waals surface area contributed by atoms with Gasteiger partial charge in [0.05, 0.1) is 12.0 Å². The largest absolute Gasteiger partial charge is 0.465 e. The predicted octanol–water partition coefficient (Wildman–Crippen LogP) is 4.88. The molecule has 20 heavy (non-hydrogen) atoms. The van der Waals surface area contributed by atoms with E-state index in [4.69, 9.17) is 4.74 Å². The van der Waals surface area contributed by atoms with Crippen LogP contribution in [0.2, 0.25) is 0 Å². The van der Waals surface area contributed by atoms with Gasteiger partial charge in [0.25, 0.3) is 0 Å². The molecule has 0 N–H and O–H groups in total. The van der Waals surface area contributed by atoms with Crippen LogP contribution in [0.4, 0.5) is 0 Å². The first-order valence-corrected chi connectivity index (χ1v) is 8.42. The molecule has 114 valence electrons. The number of rotatable bonds is 4. The Labute approximate surface area is 124 Å². The van der Waals surface area contributed by atoms with Gasteiger partial charge in [0.1, 0.15) is 0 Å². The van der Waals surface area contributed by atoms with E-state index in [1.165, 1.54) is 50.5 Å². The fourth-order valence-electron chi connectivity index (χ4n) is 3.90. The molecule has 2 rings (SSSR count). The molecule has 1 atom stereocenters. The molecule has 1 saturated carbocycles. The normalized spacial score (nSPS) is 25.1. The number of ether oxygens (including phenoxy) is 1. The Morgan fingerprint density at radius 2 is 1.90 bits per heavy atom. The lowest BCUT2D eigenvalue weighted by Crippen LogP contribution is -2.31. The summed E-state index contributed by atoms with van der Waals surface area (Å²) in [6.45, 7) is 6.37. The van der Waals surface area contributed by atoms with Gasteiger partial charge in [-0.25, -0.2) is 0 Å². The van der Waals surface area contributed by atoms with Crippen molar-refractivity contribution in [2.75, 3.05) is 6.61 Å². The predicted molar refractivity (Wildman–Crippen MR) is 82.4 cm³/mol. The van der Waals surface area contributed by atoms with Gasteiger partial charge in [-0.3, -0.25) is 4.79 Å². The Hall–Kier alpha value is -0.790. The zero-order valence-electron chi connectivity index (χ0n) is 13.4. The van der Waals surface area contributed by atoms with Gasteiger partial charge < -0.3 is 4.74 Å². The van der Waals surface area contributed by atoms with E-state index in [0.717, 1.165) is 18.3 Å². The minimum Gasteiger partial charge on any atom is -0.465 e. The lowest BCUT2D eigenvalue weighted by Gasteiger charge is -2.35. The molecule has 2 heteroatoms. The van der Waals surface area contributed by atoms with Crippen molar-refractivity contribution in [1.82, 2.24) is 0 Å². The van der Waals surface area contributed by atoms with E-state index in [1.54, 1.807) is 0 Å². The van der Waals surface area contributed by atoms with Gasteiger partial charge in [-0.2, -0.15) is 0 Å². The second kappa shape index (κ2) is 6.78. The molecule has 0 aliphatic heterocycles. The summed E-state index contributed by atoms with van der Waals surface area (Å²) in [5.74, 6) is 1.73. The molecule has 0 aromatic rings. The molecule has 0 unspecified atom stereocenters. The third-order valence-electron chi connectivity index (χ3n) is 5.36. The molecule has 0 aromatic carbocycles. The third kappa shape index (κ3) is 3.45. The summed E-state index contributed by atoms with van der Waals surface area (Å²) in [5.41, 5.74) is 0.857. The van der Waals surface area contributed by atoms with Gasteiger partial charge in [-0.15, -0.1) is 0 Å². The highest BCUT2D eigenvalue weighted by Gasteiger charge is 2.36. The Morgan fingerprint density at radius 3 is 2.45 bits per heavy atom. The Balaban J connectivity index is 1.95. The molecule has 0 radical (unpaired) electrons. The second-order valence-corrected chi connectivity index (χ2v) is 7.01. The van der Waals surface area contributed by atoms with E-state index in [2.05, 4.69) is 6.08 Å². The summed E-state index contributed by atoms with van der Waals surface area (Å²) in [4.78, 5) is 12.1. The number of hydrogen-bond acceptors (Lipinski definition) is 2. The van der Waals surface area contributed by atoms with E-state index in [-0.39, 0.29) is 5.97 Å². The molecule has 2 aliphatic rings. The molecule has 0 bridgehead atoms. The quantitative estimate of drug-likeness (QED) is 0.541. The third-order valence-corrected chi connectivity index (χ3v) is 5.36. The maximum absolute atomic E-state index is 12.1. The van der Waals surface area contributed by atoms with Crippen LogP contribution in [0.5, 0.6) is 0 Å².